The number of amides is 1. The van der Waals surface area contributed by atoms with Crippen molar-refractivity contribution in [1.29, 1.82) is 10.5 Å². The van der Waals surface area contributed by atoms with Crippen molar-refractivity contribution in [3.8, 4) is 17.9 Å². The molecule has 0 unspecified atom stereocenters. The van der Waals surface area contributed by atoms with Crippen molar-refractivity contribution in [1.82, 2.24) is 0 Å². The van der Waals surface area contributed by atoms with Crippen LogP contribution in [0.5, 0.6) is 5.75 Å². The van der Waals surface area contributed by atoms with Gasteiger partial charge in [-0.25, -0.2) is 4.79 Å². The van der Waals surface area contributed by atoms with Crippen LogP contribution in [0.25, 0.3) is 0 Å². The Morgan fingerprint density at radius 3 is 2.11 bits per heavy atom. The number of methoxy groups -OCH3 is 1. The van der Waals surface area contributed by atoms with Crippen LogP contribution in [0.3, 0.4) is 0 Å². The van der Waals surface area contributed by atoms with Crippen molar-refractivity contribution in [2.75, 3.05) is 12.0 Å². The minimum absolute atomic E-state index is 0.155. The van der Waals surface area contributed by atoms with Gasteiger partial charge in [0.15, 0.2) is 0 Å². The molecule has 0 N–H and O–H groups in total. The molecule has 0 aromatic heterocycles. The fourth-order valence-electron chi connectivity index (χ4n) is 5.47. The van der Waals surface area contributed by atoms with Crippen molar-refractivity contribution in [3.05, 3.63) is 72.4 Å². The molecule has 6 heteroatoms. The van der Waals surface area contributed by atoms with Crippen LogP contribution < -0.4 is 9.64 Å². The first-order valence-corrected chi connectivity index (χ1v) is 13.3. The monoisotopic (exact) mass is 513 g/mol. The Kier molecular flexibility index (Phi) is 9.59. The van der Waals surface area contributed by atoms with E-state index < -0.39 is 23.0 Å². The van der Waals surface area contributed by atoms with Crippen LogP contribution in [0.15, 0.2) is 66.9 Å². The fraction of sp³-hybridized carbons (Fsp3) is 0.469. The van der Waals surface area contributed by atoms with E-state index in [0.29, 0.717) is 11.4 Å². The Bertz CT molecular complexity index is 1150. The molecule has 2 atom stereocenters. The molecule has 0 bridgehead atoms. The molecule has 1 aliphatic rings. The first-order chi connectivity index (χ1) is 18.1. The Labute approximate surface area is 227 Å². The van der Waals surface area contributed by atoms with E-state index in [1.54, 1.807) is 25.4 Å². The van der Waals surface area contributed by atoms with Crippen LogP contribution in [0.1, 0.15) is 65.4 Å². The number of benzene rings is 2. The summed E-state index contributed by atoms with van der Waals surface area (Å²) < 4.78 is 11.0. The molecule has 1 fully saturated rings. The van der Waals surface area contributed by atoms with Crippen LogP contribution in [-0.4, -0.2) is 18.8 Å². The van der Waals surface area contributed by atoms with Gasteiger partial charge >= 0.3 is 6.09 Å². The molecular weight excluding hydrogens is 474 g/mol. The number of carbonyl (C=O) groups is 1. The summed E-state index contributed by atoms with van der Waals surface area (Å²) in [5.74, 6) is -0.0645. The average Bonchev–Trinajstić information content (AvgIpc) is 2.91. The second-order valence-corrected chi connectivity index (χ2v) is 11.2. The topological polar surface area (TPSA) is 86.4 Å². The first-order valence-electron chi connectivity index (χ1n) is 13.3. The summed E-state index contributed by atoms with van der Waals surface area (Å²) >= 11 is 0. The first kappa shape index (κ1) is 28.8. The van der Waals surface area contributed by atoms with Gasteiger partial charge in [-0.1, -0.05) is 62.6 Å². The fourth-order valence-corrected chi connectivity index (χ4v) is 5.47. The maximum absolute atomic E-state index is 13.4. The van der Waals surface area contributed by atoms with Crippen molar-refractivity contribution < 1.29 is 14.3 Å². The number of carbonyl (C=O) groups excluding carboxylic acids is 1. The minimum atomic E-state index is -0.863. The van der Waals surface area contributed by atoms with E-state index in [4.69, 9.17) is 9.47 Å². The lowest BCUT2D eigenvalue weighted by molar-refractivity contribution is 0.0596. The van der Waals surface area contributed by atoms with Crippen molar-refractivity contribution >= 4 is 11.8 Å². The SMILES string of the molecule is COc1ccc(N(/C=C/[C@@H](C2CCCCC2)[C@](C)(c2ccccc2)C(C#N)C#N)C(=O)OC(C)(C)C)cc1. The van der Waals surface area contributed by atoms with Crippen LogP contribution in [0, 0.1) is 40.4 Å². The highest BCUT2D eigenvalue weighted by atomic mass is 16.6. The zero-order valence-corrected chi connectivity index (χ0v) is 23.2. The van der Waals surface area contributed by atoms with Crippen LogP contribution >= 0.6 is 0 Å². The van der Waals surface area contributed by atoms with Crippen molar-refractivity contribution in [2.24, 2.45) is 17.8 Å². The van der Waals surface area contributed by atoms with Gasteiger partial charge in [-0.15, -0.1) is 0 Å². The normalized spacial score (nSPS) is 16.7. The average molecular weight is 514 g/mol. The maximum atomic E-state index is 13.4. The quantitative estimate of drug-likeness (QED) is 0.360. The van der Waals surface area contributed by atoms with Gasteiger partial charge < -0.3 is 9.47 Å². The number of nitrogens with zero attached hydrogens (tertiary/aromatic N) is 3. The highest BCUT2D eigenvalue weighted by molar-refractivity contribution is 5.90. The number of hydrogen-bond donors (Lipinski definition) is 0. The van der Waals surface area contributed by atoms with E-state index in [-0.39, 0.29) is 11.8 Å². The van der Waals surface area contributed by atoms with Gasteiger partial charge in [-0.2, -0.15) is 10.5 Å². The molecule has 6 nitrogen and oxygen atoms in total. The van der Waals surface area contributed by atoms with E-state index in [1.165, 1.54) is 11.3 Å². The highest BCUT2D eigenvalue weighted by Gasteiger charge is 2.46. The standard InChI is InChI=1S/C32H39N3O3/c1-31(2,3)38-30(36)35(27-16-18-28(37-5)19-17-27)21-20-29(24-12-8-6-9-13-24)32(4,26(22-33)23-34)25-14-10-7-11-15-25/h7,10-11,14-21,24,26,29H,6,8-9,12-13H2,1-5H3/b21-20+/t29-,32+/m0/s1. The molecule has 1 aliphatic carbocycles. The number of allylic oxidation sites excluding steroid dienone is 1. The molecular formula is C32H39N3O3. The number of anilines is 1. The van der Waals surface area contributed by atoms with E-state index >= 15 is 0 Å². The molecule has 2 aromatic carbocycles. The number of rotatable bonds is 8. The van der Waals surface area contributed by atoms with Gasteiger partial charge in [0.1, 0.15) is 17.3 Å². The van der Waals surface area contributed by atoms with Gasteiger partial charge in [0.25, 0.3) is 0 Å². The Balaban J connectivity index is 2.14. The summed E-state index contributed by atoms with van der Waals surface area (Å²) in [6, 6.07) is 21.6. The third-order valence-electron chi connectivity index (χ3n) is 7.49. The summed E-state index contributed by atoms with van der Waals surface area (Å²) in [7, 11) is 1.60. The van der Waals surface area contributed by atoms with Crippen LogP contribution in [-0.2, 0) is 10.2 Å². The maximum Gasteiger partial charge on any atom is 0.418 e. The van der Waals surface area contributed by atoms with Crippen LogP contribution in [0.4, 0.5) is 10.5 Å². The van der Waals surface area contributed by atoms with E-state index in [9.17, 15) is 15.3 Å². The molecule has 0 aliphatic heterocycles. The lowest BCUT2D eigenvalue weighted by Gasteiger charge is -2.43. The summed E-state index contributed by atoms with van der Waals surface area (Å²) in [6.45, 7) is 7.53. The molecule has 2 aromatic rings. The van der Waals surface area contributed by atoms with Gasteiger partial charge in [0, 0.05) is 11.6 Å². The van der Waals surface area contributed by atoms with Crippen molar-refractivity contribution in [3.63, 3.8) is 0 Å². The number of hydrogen-bond acceptors (Lipinski definition) is 5. The number of ether oxygens (including phenoxy) is 2. The van der Waals surface area contributed by atoms with Crippen LogP contribution in [0.2, 0.25) is 0 Å². The predicted octanol–water partition coefficient (Wildman–Crippen LogP) is 7.77. The molecule has 0 heterocycles. The second-order valence-electron chi connectivity index (χ2n) is 11.2. The third kappa shape index (κ3) is 6.75. The molecule has 1 amide bonds. The van der Waals surface area contributed by atoms with Crippen molar-refractivity contribution in [2.45, 2.75) is 70.8 Å². The lowest BCUT2D eigenvalue weighted by atomic mass is 9.58. The molecule has 3 rings (SSSR count). The predicted molar refractivity (Wildman–Crippen MR) is 149 cm³/mol. The summed E-state index contributed by atoms with van der Waals surface area (Å²) in [5.41, 5.74) is 0.130. The van der Waals surface area contributed by atoms with E-state index in [0.717, 1.165) is 31.2 Å². The number of nitriles is 2. The zero-order valence-electron chi connectivity index (χ0n) is 23.2. The summed E-state index contributed by atoms with van der Waals surface area (Å²) in [5, 5.41) is 20.2. The second kappa shape index (κ2) is 12.7. The zero-order chi connectivity index (χ0) is 27.8. The Morgan fingerprint density at radius 2 is 1.58 bits per heavy atom. The van der Waals surface area contributed by atoms with Gasteiger partial charge in [0.05, 0.1) is 24.9 Å². The molecule has 0 saturated heterocycles. The summed E-state index contributed by atoms with van der Waals surface area (Å²) in [6.07, 6.45) is 8.72. The van der Waals surface area contributed by atoms with Gasteiger partial charge in [0.2, 0.25) is 0 Å². The minimum Gasteiger partial charge on any atom is -0.497 e. The van der Waals surface area contributed by atoms with Gasteiger partial charge in [-0.05, 0) is 75.3 Å². The van der Waals surface area contributed by atoms with E-state index in [1.807, 2.05) is 76.2 Å². The molecule has 0 spiro atoms. The third-order valence-corrected chi connectivity index (χ3v) is 7.49. The largest absolute Gasteiger partial charge is 0.497 e. The molecule has 38 heavy (non-hydrogen) atoms. The molecule has 200 valence electrons. The summed E-state index contributed by atoms with van der Waals surface area (Å²) in [4.78, 5) is 14.9. The van der Waals surface area contributed by atoms with Gasteiger partial charge in [-0.3, -0.25) is 4.90 Å². The van der Waals surface area contributed by atoms with E-state index in [2.05, 4.69) is 12.1 Å². The molecule has 0 radical (unpaired) electrons. The Morgan fingerprint density at radius 1 is 0.974 bits per heavy atom. The lowest BCUT2D eigenvalue weighted by Crippen LogP contribution is -2.42. The smallest absolute Gasteiger partial charge is 0.418 e. The highest BCUT2D eigenvalue weighted by Crippen LogP contribution is 2.47. The Hall–Kier alpha value is -3.77. The molecule has 1 saturated carbocycles.